The van der Waals surface area contributed by atoms with E-state index in [1.807, 2.05) is 20.8 Å². The Labute approximate surface area is 103 Å². The van der Waals surface area contributed by atoms with Crippen molar-refractivity contribution in [2.45, 2.75) is 64.8 Å². The second kappa shape index (κ2) is 5.07. The lowest BCUT2D eigenvalue weighted by Gasteiger charge is -2.40. The number of hydrogen-bond acceptors (Lipinski definition) is 2. The number of rotatable bonds is 6. The van der Waals surface area contributed by atoms with Crippen LogP contribution in [0.4, 0.5) is 0 Å². The minimum Gasteiger partial charge on any atom is -0.481 e. The predicted octanol–water partition coefficient (Wildman–Crippen LogP) is 2.33. The van der Waals surface area contributed by atoms with E-state index in [9.17, 15) is 14.7 Å². The third-order valence-corrected chi connectivity index (χ3v) is 4.20. The molecule has 2 N–H and O–H groups in total. The average molecular weight is 241 g/mol. The van der Waals surface area contributed by atoms with E-state index in [0.29, 0.717) is 12.8 Å². The number of carbonyl (C=O) groups excluding carboxylic acids is 1. The SMILES string of the molecule is CCC(CC)(CC(=O)NC1(C)CCC1)C(=O)O. The second-order valence-electron chi connectivity index (χ2n) is 5.43. The number of aliphatic carboxylic acids is 1. The van der Waals surface area contributed by atoms with Crippen LogP contribution in [0.1, 0.15) is 59.3 Å². The van der Waals surface area contributed by atoms with E-state index in [1.165, 1.54) is 0 Å². The molecule has 0 aromatic rings. The Kier molecular flexibility index (Phi) is 4.17. The van der Waals surface area contributed by atoms with Crippen LogP contribution in [0.25, 0.3) is 0 Å². The normalized spacial score (nSPS) is 18.3. The van der Waals surface area contributed by atoms with Gasteiger partial charge in [-0.3, -0.25) is 9.59 Å². The van der Waals surface area contributed by atoms with Crippen LogP contribution in [0.15, 0.2) is 0 Å². The minimum atomic E-state index is -0.899. The van der Waals surface area contributed by atoms with Gasteiger partial charge in [0, 0.05) is 12.0 Å². The number of hydrogen-bond donors (Lipinski definition) is 2. The predicted molar refractivity (Wildman–Crippen MR) is 65.7 cm³/mol. The van der Waals surface area contributed by atoms with E-state index >= 15 is 0 Å². The van der Waals surface area contributed by atoms with E-state index in [1.54, 1.807) is 0 Å². The zero-order chi connectivity index (χ0) is 13.1. The Balaban J connectivity index is 2.61. The van der Waals surface area contributed by atoms with E-state index < -0.39 is 11.4 Å². The van der Waals surface area contributed by atoms with E-state index in [-0.39, 0.29) is 17.9 Å². The highest BCUT2D eigenvalue weighted by Gasteiger charge is 2.40. The van der Waals surface area contributed by atoms with Crippen LogP contribution in [0.2, 0.25) is 0 Å². The molecule has 98 valence electrons. The highest BCUT2D eigenvalue weighted by molar-refractivity contribution is 5.85. The largest absolute Gasteiger partial charge is 0.481 e. The maximum absolute atomic E-state index is 11.9. The summed E-state index contributed by atoms with van der Waals surface area (Å²) in [5.41, 5.74) is -0.993. The summed E-state index contributed by atoms with van der Waals surface area (Å²) in [6, 6.07) is 0. The van der Waals surface area contributed by atoms with E-state index in [4.69, 9.17) is 0 Å². The van der Waals surface area contributed by atoms with E-state index in [2.05, 4.69) is 5.32 Å². The Hall–Kier alpha value is -1.06. The molecule has 0 aliphatic heterocycles. The first-order chi connectivity index (χ1) is 7.87. The van der Waals surface area contributed by atoms with Gasteiger partial charge in [-0.15, -0.1) is 0 Å². The Bertz CT molecular complexity index is 304. The fraction of sp³-hybridized carbons (Fsp3) is 0.846. The Morgan fingerprint density at radius 1 is 1.29 bits per heavy atom. The molecular weight excluding hydrogens is 218 g/mol. The first kappa shape index (κ1) is 14.0. The molecule has 1 saturated carbocycles. The lowest BCUT2D eigenvalue weighted by molar-refractivity contribution is -0.152. The van der Waals surface area contributed by atoms with Gasteiger partial charge in [0.2, 0.25) is 5.91 Å². The summed E-state index contributed by atoms with van der Waals surface area (Å²) >= 11 is 0. The van der Waals surface area contributed by atoms with Crippen LogP contribution >= 0.6 is 0 Å². The maximum Gasteiger partial charge on any atom is 0.310 e. The van der Waals surface area contributed by atoms with Crippen molar-refractivity contribution in [2.24, 2.45) is 5.41 Å². The summed E-state index contributed by atoms with van der Waals surface area (Å²) in [4.78, 5) is 23.2. The van der Waals surface area contributed by atoms with Gasteiger partial charge in [-0.2, -0.15) is 0 Å². The summed E-state index contributed by atoms with van der Waals surface area (Å²) in [6.45, 7) is 5.68. The minimum absolute atomic E-state index is 0.0882. The van der Waals surface area contributed by atoms with Gasteiger partial charge in [-0.05, 0) is 39.0 Å². The van der Waals surface area contributed by atoms with Crippen LogP contribution in [0, 0.1) is 5.41 Å². The smallest absolute Gasteiger partial charge is 0.310 e. The number of carboxylic acids is 1. The molecule has 0 bridgehead atoms. The van der Waals surface area contributed by atoms with Crippen molar-refractivity contribution in [1.82, 2.24) is 5.32 Å². The van der Waals surface area contributed by atoms with Crippen molar-refractivity contribution >= 4 is 11.9 Å². The number of carbonyl (C=O) groups is 2. The highest BCUT2D eigenvalue weighted by atomic mass is 16.4. The van der Waals surface area contributed by atoms with Crippen LogP contribution in [-0.2, 0) is 9.59 Å². The molecule has 0 saturated heterocycles. The summed E-state index contributed by atoms with van der Waals surface area (Å²) in [7, 11) is 0. The lowest BCUT2D eigenvalue weighted by atomic mass is 9.76. The van der Waals surface area contributed by atoms with Crippen LogP contribution in [0.5, 0.6) is 0 Å². The molecule has 1 amide bonds. The summed E-state index contributed by atoms with van der Waals surface area (Å²) in [5, 5.41) is 12.2. The molecule has 0 radical (unpaired) electrons. The molecule has 17 heavy (non-hydrogen) atoms. The lowest BCUT2D eigenvalue weighted by Crippen LogP contribution is -2.52. The maximum atomic E-state index is 11.9. The van der Waals surface area contributed by atoms with Crippen LogP contribution < -0.4 is 5.32 Å². The molecule has 0 aromatic carbocycles. The highest BCUT2D eigenvalue weighted by Crippen LogP contribution is 2.34. The molecule has 4 nitrogen and oxygen atoms in total. The van der Waals surface area contributed by atoms with Crippen LogP contribution in [0.3, 0.4) is 0 Å². The van der Waals surface area contributed by atoms with Gasteiger partial charge >= 0.3 is 5.97 Å². The molecule has 0 unspecified atom stereocenters. The standard InChI is InChI=1S/C13H23NO3/c1-4-13(5-2,11(16)17)9-10(15)14-12(3)7-6-8-12/h4-9H2,1-3H3,(H,14,15)(H,16,17). The van der Waals surface area contributed by atoms with Gasteiger partial charge in [0.25, 0.3) is 0 Å². The van der Waals surface area contributed by atoms with Crippen molar-refractivity contribution < 1.29 is 14.7 Å². The fourth-order valence-corrected chi connectivity index (χ4v) is 2.40. The average Bonchev–Trinajstić information content (AvgIpc) is 2.23. The zero-order valence-electron chi connectivity index (χ0n) is 11.0. The summed E-state index contributed by atoms with van der Waals surface area (Å²) in [5.74, 6) is -0.991. The van der Waals surface area contributed by atoms with Gasteiger partial charge in [-0.25, -0.2) is 0 Å². The summed E-state index contributed by atoms with van der Waals surface area (Å²) in [6.07, 6.45) is 4.20. The van der Waals surface area contributed by atoms with Crippen molar-refractivity contribution in [3.63, 3.8) is 0 Å². The summed E-state index contributed by atoms with van der Waals surface area (Å²) < 4.78 is 0. The molecule has 0 heterocycles. The molecule has 1 aliphatic carbocycles. The molecule has 1 fully saturated rings. The van der Waals surface area contributed by atoms with Crippen molar-refractivity contribution in [3.05, 3.63) is 0 Å². The first-order valence-corrected chi connectivity index (χ1v) is 6.42. The molecule has 4 heteroatoms. The molecule has 1 rings (SSSR count). The van der Waals surface area contributed by atoms with Gasteiger partial charge in [0.1, 0.15) is 0 Å². The zero-order valence-corrected chi connectivity index (χ0v) is 11.0. The topological polar surface area (TPSA) is 66.4 Å². The number of carboxylic acid groups (broad SMARTS) is 1. The molecule has 0 aromatic heterocycles. The third kappa shape index (κ3) is 2.99. The molecule has 1 aliphatic rings. The second-order valence-corrected chi connectivity index (χ2v) is 5.43. The van der Waals surface area contributed by atoms with Crippen molar-refractivity contribution in [3.8, 4) is 0 Å². The van der Waals surface area contributed by atoms with Gasteiger partial charge < -0.3 is 10.4 Å². The first-order valence-electron chi connectivity index (χ1n) is 6.42. The monoisotopic (exact) mass is 241 g/mol. The van der Waals surface area contributed by atoms with Crippen molar-refractivity contribution in [1.29, 1.82) is 0 Å². The van der Waals surface area contributed by atoms with E-state index in [0.717, 1.165) is 19.3 Å². The quantitative estimate of drug-likeness (QED) is 0.750. The third-order valence-electron chi connectivity index (χ3n) is 4.20. The van der Waals surface area contributed by atoms with Crippen molar-refractivity contribution in [2.75, 3.05) is 0 Å². The Morgan fingerprint density at radius 2 is 1.82 bits per heavy atom. The number of amides is 1. The van der Waals surface area contributed by atoms with Crippen LogP contribution in [-0.4, -0.2) is 22.5 Å². The molecule has 0 spiro atoms. The Morgan fingerprint density at radius 3 is 2.12 bits per heavy atom. The molecular formula is C13H23NO3. The van der Waals surface area contributed by atoms with Gasteiger partial charge in [0.05, 0.1) is 5.41 Å². The van der Waals surface area contributed by atoms with Gasteiger partial charge in [-0.1, -0.05) is 13.8 Å². The van der Waals surface area contributed by atoms with Gasteiger partial charge in [0.15, 0.2) is 0 Å². The number of nitrogens with one attached hydrogen (secondary N) is 1. The molecule has 0 atom stereocenters. The fourth-order valence-electron chi connectivity index (χ4n) is 2.40.